The summed E-state index contributed by atoms with van der Waals surface area (Å²) < 4.78 is 25.8. The normalized spacial score (nSPS) is 26.3. The van der Waals surface area contributed by atoms with Crippen molar-refractivity contribution in [2.24, 2.45) is 11.8 Å². The zero-order chi connectivity index (χ0) is 14.2. The zero-order valence-corrected chi connectivity index (χ0v) is 13.4. The predicted octanol–water partition coefficient (Wildman–Crippen LogP) is 1.97. The molecule has 0 atom stereocenters. The molecule has 0 bridgehead atoms. The minimum absolute atomic E-state index is 0.303. The number of hydrogen-bond donors (Lipinski definition) is 1. The summed E-state index contributed by atoms with van der Waals surface area (Å²) in [7, 11) is -2.99. The number of rotatable bonds is 7. The predicted molar refractivity (Wildman–Crippen MR) is 81.0 cm³/mol. The molecule has 0 radical (unpaired) electrons. The van der Waals surface area contributed by atoms with Gasteiger partial charge in [0, 0.05) is 25.2 Å². The molecule has 1 N–H and O–H groups in total. The van der Waals surface area contributed by atoms with Crippen LogP contribution in [0.4, 0.5) is 0 Å². The Labute approximate surface area is 123 Å². The van der Waals surface area contributed by atoms with E-state index in [2.05, 4.69) is 5.32 Å². The lowest BCUT2D eigenvalue weighted by molar-refractivity contribution is 0.256. The van der Waals surface area contributed by atoms with Crippen LogP contribution < -0.4 is 5.32 Å². The molecular formula is C15H28N2O2S. The van der Waals surface area contributed by atoms with Gasteiger partial charge in [-0.05, 0) is 56.8 Å². The molecule has 0 aromatic heterocycles. The van der Waals surface area contributed by atoms with Crippen LogP contribution >= 0.6 is 0 Å². The Morgan fingerprint density at radius 3 is 2.05 bits per heavy atom. The first-order chi connectivity index (χ1) is 9.60. The Balaban J connectivity index is 1.48. The van der Waals surface area contributed by atoms with E-state index in [-0.39, 0.29) is 0 Å². The van der Waals surface area contributed by atoms with E-state index >= 15 is 0 Å². The lowest BCUT2D eigenvalue weighted by Crippen LogP contribution is -2.49. The standard InChI is InChI=1S/C15H28N2O2S/c1-2-11-20(18,19)17-9-7-14(8-10-17)16-15(12-3-4-12)13-5-6-13/h12-16H,2-11H2,1H3. The van der Waals surface area contributed by atoms with Crippen molar-refractivity contribution in [3.05, 3.63) is 0 Å². The number of hydrogen-bond acceptors (Lipinski definition) is 3. The highest BCUT2D eigenvalue weighted by molar-refractivity contribution is 7.89. The average molecular weight is 300 g/mol. The van der Waals surface area contributed by atoms with Crippen LogP contribution in [0.2, 0.25) is 0 Å². The highest BCUT2D eigenvalue weighted by Crippen LogP contribution is 2.44. The molecule has 3 aliphatic rings. The van der Waals surface area contributed by atoms with Gasteiger partial charge in [-0.15, -0.1) is 0 Å². The molecule has 3 rings (SSSR count). The molecule has 0 spiro atoms. The van der Waals surface area contributed by atoms with Crippen molar-refractivity contribution in [2.75, 3.05) is 18.8 Å². The first-order valence-electron chi connectivity index (χ1n) is 8.34. The molecule has 2 saturated carbocycles. The zero-order valence-electron chi connectivity index (χ0n) is 12.6. The maximum absolute atomic E-state index is 12.1. The van der Waals surface area contributed by atoms with Gasteiger partial charge in [0.25, 0.3) is 0 Å². The van der Waals surface area contributed by atoms with Gasteiger partial charge in [0.15, 0.2) is 0 Å². The molecule has 1 aliphatic heterocycles. The number of nitrogens with one attached hydrogen (secondary N) is 1. The quantitative estimate of drug-likeness (QED) is 0.782. The number of nitrogens with zero attached hydrogens (tertiary/aromatic N) is 1. The molecule has 20 heavy (non-hydrogen) atoms. The largest absolute Gasteiger partial charge is 0.311 e. The van der Waals surface area contributed by atoms with Gasteiger partial charge in [0.2, 0.25) is 10.0 Å². The van der Waals surface area contributed by atoms with E-state index in [0.29, 0.717) is 31.3 Å². The molecule has 5 heteroatoms. The molecule has 3 fully saturated rings. The van der Waals surface area contributed by atoms with Crippen LogP contribution in [0.1, 0.15) is 51.9 Å². The second-order valence-electron chi connectivity index (χ2n) is 6.86. The Bertz CT molecular complexity index is 409. The van der Waals surface area contributed by atoms with Crippen LogP contribution in [-0.2, 0) is 10.0 Å². The fraction of sp³-hybridized carbons (Fsp3) is 1.00. The monoisotopic (exact) mass is 300 g/mol. The molecule has 2 aliphatic carbocycles. The fourth-order valence-electron chi connectivity index (χ4n) is 3.53. The number of piperidine rings is 1. The van der Waals surface area contributed by atoms with Gasteiger partial charge < -0.3 is 5.32 Å². The third kappa shape index (κ3) is 3.55. The maximum Gasteiger partial charge on any atom is 0.214 e. The van der Waals surface area contributed by atoms with E-state index in [0.717, 1.165) is 30.7 Å². The van der Waals surface area contributed by atoms with Crippen molar-refractivity contribution in [3.63, 3.8) is 0 Å². The third-order valence-corrected chi connectivity index (χ3v) is 7.07. The van der Waals surface area contributed by atoms with Crippen molar-refractivity contribution < 1.29 is 8.42 Å². The van der Waals surface area contributed by atoms with E-state index in [1.54, 1.807) is 4.31 Å². The van der Waals surface area contributed by atoms with Crippen LogP contribution in [0.25, 0.3) is 0 Å². The van der Waals surface area contributed by atoms with Crippen LogP contribution in [0.15, 0.2) is 0 Å². The van der Waals surface area contributed by atoms with Gasteiger partial charge >= 0.3 is 0 Å². The third-order valence-electron chi connectivity index (χ3n) is 5.00. The van der Waals surface area contributed by atoms with Crippen molar-refractivity contribution in [2.45, 2.75) is 64.0 Å². The van der Waals surface area contributed by atoms with Gasteiger partial charge in [0.05, 0.1) is 5.75 Å². The molecule has 1 saturated heterocycles. The highest BCUT2D eigenvalue weighted by atomic mass is 32.2. The van der Waals surface area contributed by atoms with Gasteiger partial charge in [0.1, 0.15) is 0 Å². The Kier molecular flexibility index (Phi) is 4.39. The molecular weight excluding hydrogens is 272 g/mol. The molecule has 0 unspecified atom stereocenters. The lowest BCUT2D eigenvalue weighted by atomic mass is 10.0. The summed E-state index contributed by atoms with van der Waals surface area (Å²) in [5.41, 5.74) is 0. The van der Waals surface area contributed by atoms with E-state index in [4.69, 9.17) is 0 Å². The van der Waals surface area contributed by atoms with E-state index in [1.807, 2.05) is 6.92 Å². The average Bonchev–Trinajstić information content (AvgIpc) is 3.29. The summed E-state index contributed by atoms with van der Waals surface area (Å²) in [4.78, 5) is 0. The summed E-state index contributed by atoms with van der Waals surface area (Å²) >= 11 is 0. The van der Waals surface area contributed by atoms with Crippen molar-refractivity contribution in [1.82, 2.24) is 9.62 Å². The van der Waals surface area contributed by atoms with Crippen molar-refractivity contribution in [3.8, 4) is 0 Å². The van der Waals surface area contributed by atoms with E-state index < -0.39 is 10.0 Å². The van der Waals surface area contributed by atoms with Crippen LogP contribution in [0.3, 0.4) is 0 Å². The van der Waals surface area contributed by atoms with Gasteiger partial charge in [-0.2, -0.15) is 0 Å². The van der Waals surface area contributed by atoms with Crippen LogP contribution in [-0.4, -0.2) is 43.6 Å². The van der Waals surface area contributed by atoms with E-state index in [1.165, 1.54) is 25.7 Å². The first-order valence-corrected chi connectivity index (χ1v) is 9.95. The molecule has 0 aromatic rings. The fourth-order valence-corrected chi connectivity index (χ4v) is 5.07. The Morgan fingerprint density at radius 2 is 1.60 bits per heavy atom. The Morgan fingerprint density at radius 1 is 1.05 bits per heavy atom. The minimum Gasteiger partial charge on any atom is -0.311 e. The molecule has 1 heterocycles. The van der Waals surface area contributed by atoms with Gasteiger partial charge in [-0.25, -0.2) is 12.7 Å². The first kappa shape index (κ1) is 14.8. The van der Waals surface area contributed by atoms with Gasteiger partial charge in [-0.1, -0.05) is 6.92 Å². The topological polar surface area (TPSA) is 49.4 Å². The van der Waals surface area contributed by atoms with Crippen LogP contribution in [0.5, 0.6) is 0 Å². The minimum atomic E-state index is -2.99. The summed E-state index contributed by atoms with van der Waals surface area (Å²) in [6, 6.07) is 1.27. The van der Waals surface area contributed by atoms with E-state index in [9.17, 15) is 8.42 Å². The second-order valence-corrected chi connectivity index (χ2v) is 8.95. The Hall–Kier alpha value is -0.130. The molecule has 0 amide bonds. The second kappa shape index (κ2) is 5.93. The van der Waals surface area contributed by atoms with Crippen molar-refractivity contribution >= 4 is 10.0 Å². The number of sulfonamides is 1. The van der Waals surface area contributed by atoms with Crippen LogP contribution in [0, 0.1) is 11.8 Å². The summed E-state index contributed by atoms with van der Waals surface area (Å²) in [6.07, 6.45) is 8.29. The molecule has 116 valence electrons. The lowest BCUT2D eigenvalue weighted by Gasteiger charge is -2.34. The summed E-state index contributed by atoms with van der Waals surface area (Å²) in [5.74, 6) is 2.14. The SMILES string of the molecule is CCCS(=O)(=O)N1CCC(NC(C2CC2)C2CC2)CC1. The maximum atomic E-state index is 12.1. The van der Waals surface area contributed by atoms with Crippen molar-refractivity contribution in [1.29, 1.82) is 0 Å². The summed E-state index contributed by atoms with van der Waals surface area (Å²) in [5, 5.41) is 3.86. The highest BCUT2D eigenvalue weighted by Gasteiger charge is 2.42. The molecule has 0 aromatic carbocycles. The summed E-state index contributed by atoms with van der Waals surface area (Å²) in [6.45, 7) is 3.35. The molecule has 4 nitrogen and oxygen atoms in total. The smallest absolute Gasteiger partial charge is 0.214 e. The van der Waals surface area contributed by atoms with Gasteiger partial charge in [-0.3, -0.25) is 0 Å².